The number of oxazole rings is 1. The lowest BCUT2D eigenvalue weighted by atomic mass is 10.1. The van der Waals surface area contributed by atoms with Crippen LogP contribution in [0.1, 0.15) is 33.3 Å². The smallest absolute Gasteiger partial charge is 0.289 e. The lowest BCUT2D eigenvalue weighted by Crippen LogP contribution is -2.23. The Hall–Kier alpha value is -4.54. The summed E-state index contributed by atoms with van der Waals surface area (Å²) in [6.07, 6.45) is 4.00. The van der Waals surface area contributed by atoms with Gasteiger partial charge < -0.3 is 24.8 Å². The Balaban J connectivity index is 1.36. The number of pyridine rings is 2. The first-order valence-electron chi connectivity index (χ1n) is 10.5. The molecule has 4 aromatic rings. The minimum absolute atomic E-state index is 0.0371. The van der Waals surface area contributed by atoms with Crippen LogP contribution in [0.3, 0.4) is 0 Å². The van der Waals surface area contributed by atoms with Crippen molar-refractivity contribution in [2.24, 2.45) is 0 Å². The predicted molar refractivity (Wildman–Crippen MR) is 122 cm³/mol. The van der Waals surface area contributed by atoms with Crippen molar-refractivity contribution in [1.82, 2.24) is 19.9 Å². The van der Waals surface area contributed by atoms with Crippen molar-refractivity contribution in [3.05, 3.63) is 105 Å². The molecule has 3 heterocycles. The van der Waals surface area contributed by atoms with Gasteiger partial charge in [0, 0.05) is 18.7 Å². The van der Waals surface area contributed by atoms with Gasteiger partial charge in [0.25, 0.3) is 11.5 Å². The van der Waals surface area contributed by atoms with Gasteiger partial charge >= 0.3 is 0 Å². The molecule has 0 fully saturated rings. The monoisotopic (exact) mass is 481 g/mol. The molecule has 9 nitrogen and oxygen atoms in total. The van der Waals surface area contributed by atoms with Crippen molar-refractivity contribution in [3.63, 3.8) is 0 Å². The van der Waals surface area contributed by atoms with E-state index < -0.39 is 17.5 Å². The first-order chi connectivity index (χ1) is 16.8. The van der Waals surface area contributed by atoms with Crippen LogP contribution in [-0.2, 0) is 19.5 Å². The molecule has 180 valence electrons. The summed E-state index contributed by atoms with van der Waals surface area (Å²) < 4.78 is 39.4. The van der Waals surface area contributed by atoms with E-state index in [4.69, 9.17) is 14.9 Å². The molecular weight excluding hydrogens is 460 g/mol. The molecule has 1 amide bonds. The molecule has 0 unspecified atom stereocenters. The molecule has 0 spiro atoms. The number of methoxy groups -OCH3 is 1. The van der Waals surface area contributed by atoms with Crippen LogP contribution in [0.15, 0.2) is 64.2 Å². The first kappa shape index (κ1) is 23.6. The molecule has 0 radical (unpaired) electrons. The van der Waals surface area contributed by atoms with E-state index in [-0.39, 0.29) is 41.5 Å². The van der Waals surface area contributed by atoms with Gasteiger partial charge in [-0.05, 0) is 17.2 Å². The normalized spacial score (nSPS) is 10.8. The second kappa shape index (κ2) is 10.2. The molecule has 0 bridgehead atoms. The molecule has 0 saturated carbocycles. The van der Waals surface area contributed by atoms with Gasteiger partial charge in [-0.2, -0.15) is 0 Å². The zero-order valence-corrected chi connectivity index (χ0v) is 18.6. The summed E-state index contributed by atoms with van der Waals surface area (Å²) in [4.78, 5) is 32.2. The summed E-state index contributed by atoms with van der Waals surface area (Å²) in [5.74, 6) is -1.69. The highest BCUT2D eigenvalue weighted by atomic mass is 19.1. The zero-order chi connectivity index (χ0) is 24.9. The number of amides is 1. The fraction of sp³-hybridized carbons (Fsp3) is 0.167. The largest absolute Gasteiger partial charge is 0.491 e. The van der Waals surface area contributed by atoms with Gasteiger partial charge in [0.2, 0.25) is 5.76 Å². The van der Waals surface area contributed by atoms with Gasteiger partial charge in [0.15, 0.2) is 17.5 Å². The predicted octanol–water partition coefficient (Wildman–Crippen LogP) is 2.67. The van der Waals surface area contributed by atoms with E-state index in [1.54, 1.807) is 0 Å². The number of nitrogen functional groups attached to an aromatic ring is 1. The number of nitrogens with one attached hydrogen (secondary N) is 1. The Bertz CT molecular complexity index is 1420. The molecule has 1 aromatic carbocycles. The zero-order valence-electron chi connectivity index (χ0n) is 18.6. The van der Waals surface area contributed by atoms with Crippen molar-refractivity contribution in [1.29, 1.82) is 0 Å². The highest BCUT2D eigenvalue weighted by Crippen LogP contribution is 2.25. The van der Waals surface area contributed by atoms with Crippen LogP contribution in [0.2, 0.25) is 0 Å². The first-order valence-corrected chi connectivity index (χ1v) is 10.5. The number of halogens is 2. The Morgan fingerprint density at radius 2 is 1.86 bits per heavy atom. The topological polar surface area (TPSA) is 125 Å². The maximum Gasteiger partial charge on any atom is 0.289 e. The second-order valence-corrected chi connectivity index (χ2v) is 7.62. The number of hydrogen-bond donors (Lipinski definition) is 2. The molecule has 3 N–H and O–H groups in total. The SMILES string of the molecule is COc1c(N)cnc(CNC(=O)c2cnc(Cc3ccc(Cn4cc(F)ccc4=O)cc3)o2)c1F. The van der Waals surface area contributed by atoms with Crippen LogP contribution in [0.25, 0.3) is 0 Å². The van der Waals surface area contributed by atoms with E-state index in [0.29, 0.717) is 12.3 Å². The highest BCUT2D eigenvalue weighted by molar-refractivity contribution is 5.91. The summed E-state index contributed by atoms with van der Waals surface area (Å²) in [5, 5.41) is 2.52. The molecule has 0 aliphatic heterocycles. The number of hydrogen-bond acceptors (Lipinski definition) is 7. The number of nitrogens with two attached hydrogens (primary N) is 1. The van der Waals surface area contributed by atoms with Crippen LogP contribution in [0.4, 0.5) is 14.5 Å². The number of anilines is 1. The third kappa shape index (κ3) is 5.52. The maximum absolute atomic E-state index is 14.3. The molecule has 0 atom stereocenters. The summed E-state index contributed by atoms with van der Waals surface area (Å²) in [7, 11) is 1.28. The van der Waals surface area contributed by atoms with Gasteiger partial charge in [-0.15, -0.1) is 0 Å². The fourth-order valence-electron chi connectivity index (χ4n) is 3.36. The van der Waals surface area contributed by atoms with Crippen LogP contribution in [0, 0.1) is 11.6 Å². The number of carbonyl (C=O) groups excluding carboxylic acids is 1. The lowest BCUT2D eigenvalue weighted by Gasteiger charge is -2.09. The van der Waals surface area contributed by atoms with Crippen molar-refractivity contribution >= 4 is 11.6 Å². The summed E-state index contributed by atoms with van der Waals surface area (Å²) in [6.45, 7) is 0.0305. The number of carbonyl (C=O) groups is 1. The van der Waals surface area contributed by atoms with Gasteiger partial charge in [0.1, 0.15) is 5.82 Å². The molecular formula is C24H21F2N5O4. The summed E-state index contributed by atoms with van der Waals surface area (Å²) in [6, 6.07) is 9.58. The molecule has 4 rings (SSSR count). The minimum atomic E-state index is -0.753. The van der Waals surface area contributed by atoms with E-state index in [1.807, 2.05) is 24.3 Å². The summed E-state index contributed by atoms with van der Waals surface area (Å²) in [5.41, 5.74) is 6.99. The number of benzene rings is 1. The van der Waals surface area contributed by atoms with E-state index in [1.165, 1.54) is 30.1 Å². The number of aromatic nitrogens is 3. The lowest BCUT2D eigenvalue weighted by molar-refractivity contribution is 0.0920. The van der Waals surface area contributed by atoms with Gasteiger partial charge in [-0.3, -0.25) is 14.6 Å². The average Bonchev–Trinajstić information content (AvgIpc) is 3.31. The van der Waals surface area contributed by atoms with E-state index >= 15 is 0 Å². The Morgan fingerprint density at radius 1 is 1.11 bits per heavy atom. The van der Waals surface area contributed by atoms with Crippen LogP contribution in [0.5, 0.6) is 5.75 Å². The highest BCUT2D eigenvalue weighted by Gasteiger charge is 2.17. The summed E-state index contributed by atoms with van der Waals surface area (Å²) >= 11 is 0. The fourth-order valence-corrected chi connectivity index (χ4v) is 3.36. The third-order valence-corrected chi connectivity index (χ3v) is 5.15. The Labute approximate surface area is 198 Å². The Morgan fingerprint density at radius 3 is 2.60 bits per heavy atom. The van der Waals surface area contributed by atoms with Crippen LogP contribution in [-0.4, -0.2) is 27.6 Å². The standard InChI is InChI=1S/C24H21F2N5O4/c1-34-23-17(27)9-28-18(22(23)26)10-30-24(33)19-11-29-20(35-19)8-14-2-4-15(5-3-14)12-31-13-16(25)6-7-21(31)32/h2-7,9,11,13H,8,10,12,27H2,1H3,(H,30,33). The number of nitrogens with zero attached hydrogens (tertiary/aromatic N) is 3. The number of rotatable bonds is 8. The van der Waals surface area contributed by atoms with Crippen molar-refractivity contribution in [3.8, 4) is 5.75 Å². The van der Waals surface area contributed by atoms with Gasteiger partial charge in [-0.25, -0.2) is 13.8 Å². The van der Waals surface area contributed by atoms with Gasteiger partial charge in [-0.1, -0.05) is 24.3 Å². The number of ether oxygens (including phenoxy) is 1. The minimum Gasteiger partial charge on any atom is -0.491 e. The van der Waals surface area contributed by atoms with E-state index in [2.05, 4.69) is 15.3 Å². The Kier molecular flexibility index (Phi) is 6.86. The molecule has 3 aromatic heterocycles. The average molecular weight is 481 g/mol. The van der Waals surface area contributed by atoms with Crippen LogP contribution < -0.4 is 21.3 Å². The van der Waals surface area contributed by atoms with Crippen molar-refractivity contribution in [2.45, 2.75) is 19.5 Å². The molecule has 35 heavy (non-hydrogen) atoms. The molecule has 11 heteroatoms. The van der Waals surface area contributed by atoms with E-state index in [9.17, 15) is 18.4 Å². The molecule has 0 aliphatic carbocycles. The molecule has 0 aliphatic rings. The van der Waals surface area contributed by atoms with Crippen molar-refractivity contribution in [2.75, 3.05) is 12.8 Å². The van der Waals surface area contributed by atoms with Crippen LogP contribution >= 0.6 is 0 Å². The molecule has 0 saturated heterocycles. The maximum atomic E-state index is 14.3. The van der Waals surface area contributed by atoms with Gasteiger partial charge in [0.05, 0.1) is 44.0 Å². The third-order valence-electron chi connectivity index (χ3n) is 5.15. The van der Waals surface area contributed by atoms with E-state index in [0.717, 1.165) is 23.4 Å². The second-order valence-electron chi connectivity index (χ2n) is 7.62. The van der Waals surface area contributed by atoms with Crippen molar-refractivity contribution < 1.29 is 22.7 Å². The quantitative estimate of drug-likeness (QED) is 0.396.